The number of hydrogen-bond acceptors (Lipinski definition) is 5. The number of rotatable bonds is 12. The number of nitrogens with one attached hydrogen (secondary N) is 1. The van der Waals surface area contributed by atoms with E-state index in [1.54, 1.807) is 24.3 Å². The van der Waals surface area contributed by atoms with Crippen LogP contribution >= 0.6 is 15.9 Å². The maximum absolute atomic E-state index is 14.7. The van der Waals surface area contributed by atoms with Crippen LogP contribution in [0.2, 0.25) is 0 Å². The third-order valence-electron chi connectivity index (χ3n) is 7.50. The van der Waals surface area contributed by atoms with Crippen molar-refractivity contribution in [2.75, 3.05) is 18.0 Å². The smallest absolute Gasteiger partial charge is 0.264 e. The zero-order valence-electron chi connectivity index (χ0n) is 27.7. The van der Waals surface area contributed by atoms with Crippen molar-refractivity contribution in [3.8, 4) is 5.75 Å². The van der Waals surface area contributed by atoms with E-state index in [2.05, 4.69) is 21.2 Å². The Kier molecular flexibility index (Phi) is 11.5. The minimum absolute atomic E-state index is 0.0318. The third kappa shape index (κ3) is 9.45. The van der Waals surface area contributed by atoms with Crippen LogP contribution in [0.4, 0.5) is 5.69 Å². The lowest BCUT2D eigenvalue weighted by molar-refractivity contribution is -0.140. The number of carbonyl (C=O) groups is 2. The largest absolute Gasteiger partial charge is 0.495 e. The highest BCUT2D eigenvalue weighted by atomic mass is 79.9. The first-order chi connectivity index (χ1) is 22.2. The van der Waals surface area contributed by atoms with Crippen LogP contribution in [0.3, 0.4) is 0 Å². The van der Waals surface area contributed by atoms with Crippen molar-refractivity contribution in [2.24, 2.45) is 0 Å². The number of amides is 2. The molecule has 0 unspecified atom stereocenters. The minimum Gasteiger partial charge on any atom is -0.495 e. The van der Waals surface area contributed by atoms with Gasteiger partial charge in [0, 0.05) is 23.0 Å². The SMILES string of the molecule is COc1ccc(C)cc1N(CC(=O)N(Cc1cccc(Br)c1)[C@@H](Cc1ccccc1)C(=O)NC(C)(C)C)S(=O)(=O)c1ccc(C)cc1. The quantitative estimate of drug-likeness (QED) is 0.173. The maximum atomic E-state index is 14.7. The lowest BCUT2D eigenvalue weighted by Crippen LogP contribution is -2.56. The number of aryl methyl sites for hydroxylation is 2. The Bertz CT molecular complexity index is 1810. The van der Waals surface area contributed by atoms with Gasteiger partial charge in [0.15, 0.2) is 0 Å². The molecule has 1 atom stereocenters. The summed E-state index contributed by atoms with van der Waals surface area (Å²) in [6.07, 6.45) is 0.223. The fourth-order valence-corrected chi connectivity index (χ4v) is 7.05. The molecule has 8 nitrogen and oxygen atoms in total. The van der Waals surface area contributed by atoms with Crippen molar-refractivity contribution >= 4 is 43.5 Å². The number of methoxy groups -OCH3 is 1. The highest BCUT2D eigenvalue weighted by Crippen LogP contribution is 2.34. The fraction of sp³-hybridized carbons (Fsp3) is 0.297. The number of carbonyl (C=O) groups excluding carboxylic acids is 2. The summed E-state index contributed by atoms with van der Waals surface area (Å²) in [6, 6.07) is 27.7. The summed E-state index contributed by atoms with van der Waals surface area (Å²) >= 11 is 3.51. The summed E-state index contributed by atoms with van der Waals surface area (Å²) in [5, 5.41) is 3.05. The van der Waals surface area contributed by atoms with E-state index in [1.165, 1.54) is 24.1 Å². The first-order valence-corrected chi connectivity index (χ1v) is 17.5. The number of hydrogen-bond donors (Lipinski definition) is 1. The van der Waals surface area contributed by atoms with Gasteiger partial charge in [0.2, 0.25) is 11.8 Å². The Morgan fingerprint density at radius 3 is 2.11 bits per heavy atom. The molecule has 0 aromatic heterocycles. The molecule has 0 fully saturated rings. The Morgan fingerprint density at radius 1 is 0.851 bits per heavy atom. The summed E-state index contributed by atoms with van der Waals surface area (Å²) in [7, 11) is -2.81. The zero-order chi connectivity index (χ0) is 34.4. The molecule has 0 saturated carbocycles. The van der Waals surface area contributed by atoms with Gasteiger partial charge in [-0.25, -0.2) is 8.42 Å². The molecule has 4 aromatic carbocycles. The summed E-state index contributed by atoms with van der Waals surface area (Å²) in [6.45, 7) is 8.85. The summed E-state index contributed by atoms with van der Waals surface area (Å²) in [5.41, 5.74) is 2.96. The van der Waals surface area contributed by atoms with Crippen LogP contribution in [0.15, 0.2) is 106 Å². The van der Waals surface area contributed by atoms with Crippen molar-refractivity contribution in [3.05, 3.63) is 124 Å². The maximum Gasteiger partial charge on any atom is 0.264 e. The molecular formula is C37H42BrN3O5S. The number of halogens is 1. The predicted octanol–water partition coefficient (Wildman–Crippen LogP) is 6.82. The average Bonchev–Trinajstić information content (AvgIpc) is 3.01. The summed E-state index contributed by atoms with van der Waals surface area (Å²) in [5.74, 6) is -0.594. The molecule has 4 aromatic rings. The number of ether oxygens (including phenoxy) is 1. The summed E-state index contributed by atoms with van der Waals surface area (Å²) in [4.78, 5) is 30.3. The monoisotopic (exact) mass is 719 g/mol. The van der Waals surface area contributed by atoms with Crippen molar-refractivity contribution in [1.82, 2.24) is 10.2 Å². The lowest BCUT2D eigenvalue weighted by atomic mass is 10.0. The van der Waals surface area contributed by atoms with E-state index in [4.69, 9.17) is 4.74 Å². The van der Waals surface area contributed by atoms with Crippen molar-refractivity contribution in [1.29, 1.82) is 0 Å². The minimum atomic E-state index is -4.26. The van der Waals surface area contributed by atoms with Crippen molar-refractivity contribution in [2.45, 2.75) is 64.1 Å². The molecule has 47 heavy (non-hydrogen) atoms. The molecule has 0 aliphatic rings. The Labute approximate surface area is 286 Å². The first kappa shape index (κ1) is 35.7. The van der Waals surface area contributed by atoms with E-state index in [0.717, 1.165) is 31.0 Å². The van der Waals surface area contributed by atoms with Crippen molar-refractivity contribution in [3.63, 3.8) is 0 Å². The number of benzene rings is 4. The standard InChI is InChI=1S/C37H42BrN3O5S/c1-26-15-18-31(19-16-26)47(44,45)41(32-21-27(2)17-20-34(32)46-6)25-35(42)40(24-29-13-10-14-30(38)22-29)33(36(43)39-37(3,4)5)23-28-11-8-7-9-12-28/h7-22,33H,23-25H2,1-6H3,(H,39,43)/t33-/m0/s1. The van der Waals surface area contributed by atoms with Crippen molar-refractivity contribution < 1.29 is 22.7 Å². The van der Waals surface area contributed by atoms with Crippen LogP contribution in [-0.2, 0) is 32.6 Å². The molecule has 248 valence electrons. The third-order valence-corrected chi connectivity index (χ3v) is 9.77. The van der Waals surface area contributed by atoms with Crippen LogP contribution < -0.4 is 14.4 Å². The number of anilines is 1. The van der Waals surface area contributed by atoms with Gasteiger partial charge in [-0.3, -0.25) is 13.9 Å². The van der Waals surface area contributed by atoms with Crippen LogP contribution in [0.5, 0.6) is 5.75 Å². The molecular weight excluding hydrogens is 678 g/mol. The molecule has 2 amide bonds. The fourth-order valence-electron chi connectivity index (χ4n) is 5.18. The van der Waals surface area contributed by atoms with Gasteiger partial charge < -0.3 is 15.0 Å². The second kappa shape index (κ2) is 15.2. The topological polar surface area (TPSA) is 96.0 Å². The van der Waals surface area contributed by atoms with Crippen LogP contribution in [0.1, 0.15) is 43.0 Å². The van der Waals surface area contributed by atoms with Gasteiger partial charge in [0.1, 0.15) is 18.3 Å². The van der Waals surface area contributed by atoms with E-state index >= 15 is 0 Å². The lowest BCUT2D eigenvalue weighted by Gasteiger charge is -2.35. The number of sulfonamides is 1. The van der Waals surface area contributed by atoms with Gasteiger partial charge >= 0.3 is 0 Å². The van der Waals surface area contributed by atoms with E-state index in [0.29, 0.717) is 5.75 Å². The molecule has 10 heteroatoms. The molecule has 0 heterocycles. The molecule has 0 aliphatic heterocycles. The van der Waals surface area contributed by atoms with Crippen LogP contribution in [-0.4, -0.2) is 50.4 Å². The van der Waals surface area contributed by atoms with Gasteiger partial charge in [0.25, 0.3) is 10.0 Å². The van der Waals surface area contributed by atoms with Gasteiger partial charge in [0.05, 0.1) is 17.7 Å². The van der Waals surface area contributed by atoms with Gasteiger partial charge in [-0.05, 0) is 87.7 Å². The van der Waals surface area contributed by atoms with E-state index in [1.807, 2.05) is 95.3 Å². The highest BCUT2D eigenvalue weighted by molar-refractivity contribution is 9.10. The van der Waals surface area contributed by atoms with E-state index in [9.17, 15) is 18.0 Å². The highest BCUT2D eigenvalue weighted by Gasteiger charge is 2.36. The first-order valence-electron chi connectivity index (χ1n) is 15.3. The second-order valence-electron chi connectivity index (χ2n) is 12.6. The molecule has 0 aliphatic carbocycles. The van der Waals surface area contributed by atoms with Gasteiger partial charge in [-0.15, -0.1) is 0 Å². The van der Waals surface area contributed by atoms with Crippen LogP contribution in [0, 0.1) is 13.8 Å². The van der Waals surface area contributed by atoms with Gasteiger partial charge in [-0.2, -0.15) is 0 Å². The molecule has 0 bridgehead atoms. The zero-order valence-corrected chi connectivity index (χ0v) is 30.1. The molecule has 0 radical (unpaired) electrons. The molecule has 4 rings (SSSR count). The number of nitrogens with zero attached hydrogens (tertiary/aromatic N) is 2. The summed E-state index contributed by atoms with van der Waals surface area (Å²) < 4.78 is 36.3. The average molecular weight is 721 g/mol. The Hall–Kier alpha value is -4.15. The van der Waals surface area contributed by atoms with E-state index < -0.39 is 34.1 Å². The Morgan fingerprint density at radius 2 is 1.49 bits per heavy atom. The molecule has 0 spiro atoms. The molecule has 1 N–H and O–H groups in total. The predicted molar refractivity (Wildman–Crippen MR) is 190 cm³/mol. The normalized spacial score (nSPS) is 12.2. The molecule has 0 saturated heterocycles. The van der Waals surface area contributed by atoms with Gasteiger partial charge in [-0.1, -0.05) is 82.2 Å². The van der Waals surface area contributed by atoms with Crippen LogP contribution in [0.25, 0.3) is 0 Å². The van der Waals surface area contributed by atoms with E-state index in [-0.39, 0.29) is 29.5 Å². The second-order valence-corrected chi connectivity index (χ2v) is 15.4. The Balaban J connectivity index is 1.87.